The van der Waals surface area contributed by atoms with Crippen LogP contribution in [0.15, 0.2) is 21.6 Å². The molecule has 0 aromatic carbocycles. The summed E-state index contributed by atoms with van der Waals surface area (Å²) in [6.07, 6.45) is 0. The summed E-state index contributed by atoms with van der Waals surface area (Å²) in [5, 5.41) is 10.5. The van der Waals surface area contributed by atoms with Gasteiger partial charge in [0.15, 0.2) is 11.8 Å². The largest absolute Gasteiger partial charge is 0.379 e. The molecule has 150 valence electrons. The molecule has 0 saturated carbocycles. The quantitative estimate of drug-likeness (QED) is 0.353. The molecule has 0 amide bonds. The molecule has 1 saturated heterocycles. The molecule has 0 radical (unpaired) electrons. The fourth-order valence-electron chi connectivity index (χ4n) is 2.92. The number of ether oxygens (including phenoxy) is 1. The molecule has 0 spiro atoms. The standard InChI is InChI=1S/C17H26N6O2S.HI/c1-12-4-5-15(26-12)14(23-6-8-24-9-7-23)10-19-17(18-3)20-11-16-21-13(2)25-22-16;/h4-5,14H,6-11H2,1-3H3,(H2,18,19,20);1H. The molecule has 3 rings (SSSR count). The Morgan fingerprint density at radius 1 is 1.30 bits per heavy atom. The third-order valence-corrected chi connectivity index (χ3v) is 5.35. The second-order valence-electron chi connectivity index (χ2n) is 6.15. The molecule has 1 aliphatic rings. The molecule has 1 aliphatic heterocycles. The normalized spacial score (nSPS) is 16.6. The molecule has 1 fully saturated rings. The summed E-state index contributed by atoms with van der Waals surface area (Å²) in [7, 11) is 1.76. The Hall–Kier alpha value is -1.24. The van der Waals surface area contributed by atoms with E-state index in [9.17, 15) is 0 Å². The molecule has 2 N–H and O–H groups in total. The Balaban J connectivity index is 0.00000261. The molecule has 8 nitrogen and oxygen atoms in total. The van der Waals surface area contributed by atoms with E-state index in [0.29, 0.717) is 24.3 Å². The number of hydrogen-bond acceptors (Lipinski definition) is 7. The summed E-state index contributed by atoms with van der Waals surface area (Å²) in [4.78, 5) is 13.6. The number of nitrogens with one attached hydrogen (secondary N) is 2. The molecular weight excluding hydrogens is 479 g/mol. The van der Waals surface area contributed by atoms with E-state index in [0.717, 1.165) is 38.8 Å². The summed E-state index contributed by atoms with van der Waals surface area (Å²) < 4.78 is 10.5. The minimum absolute atomic E-state index is 0. The van der Waals surface area contributed by atoms with Gasteiger partial charge < -0.3 is 19.9 Å². The van der Waals surface area contributed by atoms with Crippen molar-refractivity contribution in [3.63, 3.8) is 0 Å². The summed E-state index contributed by atoms with van der Waals surface area (Å²) in [5.74, 6) is 1.90. The fraction of sp³-hybridized carbons (Fsp3) is 0.588. The van der Waals surface area contributed by atoms with Crippen LogP contribution in [0.4, 0.5) is 0 Å². The highest BCUT2D eigenvalue weighted by atomic mass is 127. The number of guanidine groups is 1. The minimum atomic E-state index is 0. The Labute approximate surface area is 180 Å². The van der Waals surface area contributed by atoms with Crippen molar-refractivity contribution in [1.29, 1.82) is 0 Å². The maximum absolute atomic E-state index is 5.51. The van der Waals surface area contributed by atoms with Crippen molar-refractivity contribution in [1.82, 2.24) is 25.7 Å². The van der Waals surface area contributed by atoms with Crippen LogP contribution in [-0.4, -0.2) is 60.9 Å². The molecule has 27 heavy (non-hydrogen) atoms. The average Bonchev–Trinajstić information content (AvgIpc) is 3.27. The highest BCUT2D eigenvalue weighted by Crippen LogP contribution is 2.27. The van der Waals surface area contributed by atoms with Crippen molar-refractivity contribution in [2.45, 2.75) is 26.4 Å². The maximum atomic E-state index is 5.51. The summed E-state index contributed by atoms with van der Waals surface area (Å²) in [6, 6.07) is 4.70. The smallest absolute Gasteiger partial charge is 0.223 e. The first-order valence-electron chi connectivity index (χ1n) is 8.77. The molecular formula is C17H27IN6O2S. The zero-order chi connectivity index (χ0) is 18.4. The van der Waals surface area contributed by atoms with Gasteiger partial charge in [-0.2, -0.15) is 4.98 Å². The van der Waals surface area contributed by atoms with Gasteiger partial charge in [-0.3, -0.25) is 9.89 Å². The lowest BCUT2D eigenvalue weighted by Crippen LogP contribution is -2.46. The predicted octanol–water partition coefficient (Wildman–Crippen LogP) is 2.10. The zero-order valence-corrected chi connectivity index (χ0v) is 19.0. The van der Waals surface area contributed by atoms with Gasteiger partial charge in [0.2, 0.25) is 5.89 Å². The minimum Gasteiger partial charge on any atom is -0.379 e. The van der Waals surface area contributed by atoms with Crippen LogP contribution in [0.3, 0.4) is 0 Å². The monoisotopic (exact) mass is 506 g/mol. The molecule has 10 heteroatoms. The van der Waals surface area contributed by atoms with Gasteiger partial charge in [0.1, 0.15) is 0 Å². The lowest BCUT2D eigenvalue weighted by atomic mass is 10.2. The molecule has 2 aromatic rings. The van der Waals surface area contributed by atoms with Gasteiger partial charge in [0, 0.05) is 43.4 Å². The van der Waals surface area contributed by atoms with Crippen molar-refractivity contribution in [3.8, 4) is 0 Å². The average molecular weight is 506 g/mol. The first-order valence-corrected chi connectivity index (χ1v) is 9.59. The van der Waals surface area contributed by atoms with E-state index in [-0.39, 0.29) is 24.0 Å². The number of aryl methyl sites for hydroxylation is 2. The van der Waals surface area contributed by atoms with Crippen molar-refractivity contribution < 1.29 is 9.26 Å². The van der Waals surface area contributed by atoms with Crippen LogP contribution >= 0.6 is 35.3 Å². The van der Waals surface area contributed by atoms with Gasteiger partial charge >= 0.3 is 0 Å². The van der Waals surface area contributed by atoms with E-state index >= 15 is 0 Å². The number of hydrogen-bond donors (Lipinski definition) is 2. The van der Waals surface area contributed by atoms with E-state index in [4.69, 9.17) is 9.26 Å². The SMILES string of the molecule is CN=C(NCc1noc(C)n1)NCC(c1ccc(C)s1)N1CCOCC1.I. The van der Waals surface area contributed by atoms with Crippen molar-refractivity contribution in [2.24, 2.45) is 4.99 Å². The van der Waals surface area contributed by atoms with Crippen LogP contribution in [0.25, 0.3) is 0 Å². The van der Waals surface area contributed by atoms with Gasteiger partial charge in [-0.15, -0.1) is 35.3 Å². The number of thiophene rings is 1. The topological polar surface area (TPSA) is 87.8 Å². The van der Waals surface area contributed by atoms with Crippen LogP contribution in [0.5, 0.6) is 0 Å². The van der Waals surface area contributed by atoms with Gasteiger partial charge in [0.05, 0.1) is 25.8 Å². The molecule has 1 unspecified atom stereocenters. The highest BCUT2D eigenvalue weighted by Gasteiger charge is 2.24. The highest BCUT2D eigenvalue weighted by molar-refractivity contribution is 14.0. The predicted molar refractivity (Wildman–Crippen MR) is 117 cm³/mol. The van der Waals surface area contributed by atoms with Crippen LogP contribution in [-0.2, 0) is 11.3 Å². The van der Waals surface area contributed by atoms with Crippen LogP contribution in [0.1, 0.15) is 27.5 Å². The number of aliphatic imine (C=N–C) groups is 1. The molecule has 0 aliphatic carbocycles. The van der Waals surface area contributed by atoms with Crippen LogP contribution in [0, 0.1) is 13.8 Å². The Kier molecular flexibility index (Phi) is 8.93. The zero-order valence-electron chi connectivity index (χ0n) is 15.9. The maximum Gasteiger partial charge on any atom is 0.223 e. The Bertz CT molecular complexity index is 729. The van der Waals surface area contributed by atoms with Gasteiger partial charge in [-0.05, 0) is 19.1 Å². The van der Waals surface area contributed by atoms with E-state index in [1.165, 1.54) is 9.75 Å². The molecule has 3 heterocycles. The van der Waals surface area contributed by atoms with Gasteiger partial charge in [0.25, 0.3) is 0 Å². The second-order valence-corrected chi connectivity index (χ2v) is 7.47. The van der Waals surface area contributed by atoms with Gasteiger partial charge in [-0.1, -0.05) is 5.16 Å². The fourth-order valence-corrected chi connectivity index (χ4v) is 3.93. The third-order valence-electron chi connectivity index (χ3n) is 4.25. The lowest BCUT2D eigenvalue weighted by Gasteiger charge is -2.34. The van der Waals surface area contributed by atoms with Crippen molar-refractivity contribution in [2.75, 3.05) is 39.9 Å². The Morgan fingerprint density at radius 3 is 2.67 bits per heavy atom. The molecule has 2 aromatic heterocycles. The number of nitrogens with zero attached hydrogens (tertiary/aromatic N) is 4. The third kappa shape index (κ3) is 6.40. The number of morpholine rings is 1. The van der Waals surface area contributed by atoms with E-state index in [2.05, 4.69) is 49.7 Å². The number of aromatic nitrogens is 2. The first kappa shape index (κ1) is 22.1. The van der Waals surface area contributed by atoms with E-state index < -0.39 is 0 Å². The first-order chi connectivity index (χ1) is 12.7. The van der Waals surface area contributed by atoms with Crippen molar-refractivity contribution >= 4 is 41.3 Å². The second kappa shape index (κ2) is 10.9. The van der Waals surface area contributed by atoms with Gasteiger partial charge in [-0.25, -0.2) is 0 Å². The van der Waals surface area contributed by atoms with E-state index in [1.54, 1.807) is 14.0 Å². The summed E-state index contributed by atoms with van der Waals surface area (Å²) >= 11 is 1.85. The summed E-state index contributed by atoms with van der Waals surface area (Å²) in [6.45, 7) is 8.61. The van der Waals surface area contributed by atoms with E-state index in [1.807, 2.05) is 11.3 Å². The molecule has 1 atom stereocenters. The summed E-state index contributed by atoms with van der Waals surface area (Å²) in [5.41, 5.74) is 0. The molecule has 0 bridgehead atoms. The number of rotatable bonds is 6. The Morgan fingerprint density at radius 2 is 2.07 bits per heavy atom. The van der Waals surface area contributed by atoms with Crippen LogP contribution in [0.2, 0.25) is 0 Å². The van der Waals surface area contributed by atoms with Crippen molar-refractivity contribution in [3.05, 3.63) is 33.6 Å². The lowest BCUT2D eigenvalue weighted by molar-refractivity contribution is 0.0177. The van der Waals surface area contributed by atoms with Crippen LogP contribution < -0.4 is 10.6 Å². The number of halogens is 1.